The first kappa shape index (κ1) is 19.1. The third-order valence-electron chi connectivity index (χ3n) is 6.07. The topological polar surface area (TPSA) is 74.2 Å². The van der Waals surface area contributed by atoms with Crippen molar-refractivity contribution < 1.29 is 5.11 Å². The van der Waals surface area contributed by atoms with Crippen molar-refractivity contribution in [2.45, 2.75) is 44.8 Å². The van der Waals surface area contributed by atoms with Crippen molar-refractivity contribution in [1.29, 1.82) is 0 Å². The van der Waals surface area contributed by atoms with Crippen LogP contribution in [0, 0.1) is 5.92 Å². The van der Waals surface area contributed by atoms with Crippen LogP contribution in [0.1, 0.15) is 38.7 Å². The molecule has 0 bridgehead atoms. The lowest BCUT2D eigenvalue weighted by Gasteiger charge is -2.39. The largest absolute Gasteiger partial charge is 0.389 e. The van der Waals surface area contributed by atoms with Gasteiger partial charge in [-0.05, 0) is 55.0 Å². The van der Waals surface area contributed by atoms with Gasteiger partial charge < -0.3 is 15.7 Å². The number of rotatable bonds is 3. The lowest BCUT2D eigenvalue weighted by Crippen LogP contribution is -2.52. The number of likely N-dealkylation sites (tertiary alicyclic amines) is 1. The van der Waals surface area contributed by atoms with Crippen LogP contribution in [0.15, 0.2) is 52.4 Å². The average molecular weight is 379 g/mol. The number of nitrogens with two attached hydrogens (primary N) is 1. The molecule has 5 nitrogen and oxygen atoms in total. The molecule has 2 aliphatic rings. The highest BCUT2D eigenvalue weighted by molar-refractivity contribution is 6.10. The van der Waals surface area contributed by atoms with Gasteiger partial charge in [-0.2, -0.15) is 0 Å². The molecule has 2 aromatic rings. The first-order valence-corrected chi connectivity index (χ1v) is 10.3. The van der Waals surface area contributed by atoms with Crippen molar-refractivity contribution in [3.05, 3.63) is 48.0 Å². The Kier molecular flexibility index (Phi) is 5.21. The second kappa shape index (κ2) is 7.64. The third kappa shape index (κ3) is 3.96. The minimum Gasteiger partial charge on any atom is -0.389 e. The first-order valence-electron chi connectivity index (χ1n) is 10.3. The van der Waals surface area contributed by atoms with Gasteiger partial charge in [0.2, 0.25) is 5.96 Å². The molecule has 1 saturated heterocycles. The van der Waals surface area contributed by atoms with Gasteiger partial charge in [-0.15, -0.1) is 0 Å². The molecule has 0 aliphatic carbocycles. The smallest absolute Gasteiger partial charge is 0.220 e. The minimum absolute atomic E-state index is 0.195. The zero-order valence-electron chi connectivity index (χ0n) is 16.8. The number of aliphatic hydroxyl groups is 1. The van der Waals surface area contributed by atoms with E-state index in [1.807, 2.05) is 0 Å². The molecule has 1 atom stereocenters. The van der Waals surface area contributed by atoms with Crippen LogP contribution in [0.4, 0.5) is 0 Å². The lowest BCUT2D eigenvalue weighted by molar-refractivity contribution is 0.0198. The highest BCUT2D eigenvalue weighted by Gasteiger charge is 2.34. The quantitative estimate of drug-likeness (QED) is 0.861. The Labute approximate surface area is 167 Å². The summed E-state index contributed by atoms with van der Waals surface area (Å²) in [4.78, 5) is 11.9. The first-order chi connectivity index (χ1) is 13.4. The Balaban J connectivity index is 1.47. The van der Waals surface area contributed by atoms with Crippen LogP contribution in [0.25, 0.3) is 10.8 Å². The van der Waals surface area contributed by atoms with Gasteiger partial charge in [-0.1, -0.05) is 36.4 Å². The van der Waals surface area contributed by atoms with Gasteiger partial charge in [-0.25, -0.2) is 4.99 Å². The van der Waals surface area contributed by atoms with Crippen LogP contribution < -0.4 is 5.73 Å². The van der Waals surface area contributed by atoms with Crippen molar-refractivity contribution >= 4 is 22.4 Å². The summed E-state index contributed by atoms with van der Waals surface area (Å²) in [6, 6.07) is 14.8. The second-order valence-corrected chi connectivity index (χ2v) is 8.56. The zero-order valence-corrected chi connectivity index (χ0v) is 16.8. The normalized spacial score (nSPS) is 20.1. The number of fused-ring (bicyclic) bond motifs is 1. The minimum atomic E-state index is -0.837. The van der Waals surface area contributed by atoms with Crippen molar-refractivity contribution in [1.82, 2.24) is 4.90 Å². The fourth-order valence-corrected chi connectivity index (χ4v) is 4.26. The molecule has 148 valence electrons. The zero-order chi connectivity index (χ0) is 19.7. The number of piperidine rings is 1. The molecule has 0 radical (unpaired) electrons. The number of nitrogens with zero attached hydrogens (tertiary/aromatic N) is 3. The van der Waals surface area contributed by atoms with E-state index < -0.39 is 5.60 Å². The van der Waals surface area contributed by atoms with Crippen LogP contribution in [0.3, 0.4) is 0 Å². The van der Waals surface area contributed by atoms with Crippen LogP contribution in [-0.2, 0) is 0 Å². The van der Waals surface area contributed by atoms with E-state index in [1.54, 1.807) is 13.8 Å². The summed E-state index contributed by atoms with van der Waals surface area (Å²) in [6.07, 6.45) is 2.80. The molecule has 0 aromatic heterocycles. The summed E-state index contributed by atoms with van der Waals surface area (Å²) in [7, 11) is 0. The fourth-order valence-electron chi connectivity index (χ4n) is 4.26. The lowest BCUT2D eigenvalue weighted by atomic mass is 9.82. The summed E-state index contributed by atoms with van der Waals surface area (Å²) in [6.45, 7) is 6.17. The summed E-state index contributed by atoms with van der Waals surface area (Å²) < 4.78 is 0. The highest BCUT2D eigenvalue weighted by Crippen LogP contribution is 2.26. The molecule has 0 unspecified atom stereocenters. The molecule has 5 heteroatoms. The molecule has 0 saturated carbocycles. The Morgan fingerprint density at radius 1 is 1.11 bits per heavy atom. The van der Waals surface area contributed by atoms with E-state index in [2.05, 4.69) is 52.4 Å². The van der Waals surface area contributed by atoms with Gasteiger partial charge in [0.1, 0.15) is 0 Å². The predicted molar refractivity (Wildman–Crippen MR) is 116 cm³/mol. The predicted octanol–water partition coefficient (Wildman–Crippen LogP) is 3.20. The fraction of sp³-hybridized carbons (Fsp3) is 0.478. The van der Waals surface area contributed by atoms with E-state index >= 15 is 0 Å². The van der Waals surface area contributed by atoms with Crippen molar-refractivity contribution in [2.75, 3.05) is 19.6 Å². The van der Waals surface area contributed by atoms with E-state index in [4.69, 9.17) is 10.7 Å². The molecule has 2 aliphatic heterocycles. The standard InChI is InChI=1S/C23H30N4O/c1-23(2,28)21(24)17-10-13-27(14-11-17)22-25-12-9-20(26-22)19-8-7-16-5-3-4-6-18(16)15-19/h3-8,15,17,21,28H,9-14,24H2,1-2H3/t21-/m1/s1. The Hall–Kier alpha value is -2.24. The van der Waals surface area contributed by atoms with Crippen LogP contribution in [-0.4, -0.2) is 53.0 Å². The summed E-state index contributed by atoms with van der Waals surface area (Å²) in [5, 5.41) is 12.7. The summed E-state index contributed by atoms with van der Waals surface area (Å²) in [5.74, 6) is 1.19. The SMILES string of the molecule is CC(C)(O)[C@H](N)C1CCN(C2=NCCC(c3ccc4ccccc4c3)=N2)CC1. The van der Waals surface area contributed by atoms with Gasteiger partial charge in [0.15, 0.2) is 0 Å². The van der Waals surface area contributed by atoms with E-state index in [0.717, 1.165) is 50.6 Å². The average Bonchev–Trinajstić information content (AvgIpc) is 2.72. The molecular formula is C23H30N4O. The summed E-state index contributed by atoms with van der Waals surface area (Å²) in [5.41, 5.74) is 7.73. The van der Waals surface area contributed by atoms with Crippen molar-refractivity contribution in [2.24, 2.45) is 21.6 Å². The number of benzene rings is 2. The van der Waals surface area contributed by atoms with Crippen LogP contribution in [0.2, 0.25) is 0 Å². The maximum Gasteiger partial charge on any atom is 0.220 e. The number of hydrogen-bond donors (Lipinski definition) is 2. The second-order valence-electron chi connectivity index (χ2n) is 8.56. The molecule has 3 N–H and O–H groups in total. The molecule has 28 heavy (non-hydrogen) atoms. The van der Waals surface area contributed by atoms with Gasteiger partial charge in [0.25, 0.3) is 0 Å². The van der Waals surface area contributed by atoms with E-state index in [9.17, 15) is 5.11 Å². The molecule has 0 spiro atoms. The van der Waals surface area contributed by atoms with Crippen LogP contribution in [0.5, 0.6) is 0 Å². The molecule has 2 aromatic carbocycles. The number of aliphatic imine (C=N–C) groups is 2. The van der Waals surface area contributed by atoms with Crippen LogP contribution >= 0.6 is 0 Å². The van der Waals surface area contributed by atoms with Crippen molar-refractivity contribution in [3.8, 4) is 0 Å². The molecular weight excluding hydrogens is 348 g/mol. The van der Waals surface area contributed by atoms with E-state index in [0.29, 0.717) is 5.92 Å². The Bertz CT molecular complexity index is 904. The maximum absolute atomic E-state index is 10.2. The maximum atomic E-state index is 10.2. The van der Waals surface area contributed by atoms with Gasteiger partial charge >= 0.3 is 0 Å². The third-order valence-corrected chi connectivity index (χ3v) is 6.07. The highest BCUT2D eigenvalue weighted by atomic mass is 16.3. The monoisotopic (exact) mass is 378 g/mol. The molecule has 4 rings (SSSR count). The van der Waals surface area contributed by atoms with Gasteiger partial charge in [0, 0.05) is 32.1 Å². The van der Waals surface area contributed by atoms with E-state index in [1.165, 1.54) is 16.3 Å². The number of hydrogen-bond acceptors (Lipinski definition) is 5. The summed E-state index contributed by atoms with van der Waals surface area (Å²) >= 11 is 0. The van der Waals surface area contributed by atoms with Gasteiger partial charge in [-0.3, -0.25) is 4.99 Å². The van der Waals surface area contributed by atoms with E-state index in [-0.39, 0.29) is 6.04 Å². The molecule has 2 heterocycles. The Morgan fingerprint density at radius 3 is 2.54 bits per heavy atom. The number of guanidine groups is 1. The molecule has 0 amide bonds. The van der Waals surface area contributed by atoms with Gasteiger partial charge in [0.05, 0.1) is 11.3 Å². The molecule has 1 fully saturated rings. The Morgan fingerprint density at radius 2 is 1.82 bits per heavy atom. The van der Waals surface area contributed by atoms with Crippen molar-refractivity contribution in [3.63, 3.8) is 0 Å².